The number of hydrogen-bond acceptors (Lipinski definition) is 5. The molecule has 1 aliphatic heterocycles. The molecule has 3 N–H and O–H groups in total. The van der Waals surface area contributed by atoms with Gasteiger partial charge in [0, 0.05) is 6.07 Å². The molecular weight excluding hydrogens is 324 g/mol. The lowest BCUT2D eigenvalue weighted by Gasteiger charge is -2.21. The number of hydrogen-bond donors (Lipinski definition) is 3. The van der Waals surface area contributed by atoms with Gasteiger partial charge in [-0.05, 0) is 30.7 Å². The smallest absolute Gasteiger partial charge is 0.319 e. The van der Waals surface area contributed by atoms with Gasteiger partial charge in [0.2, 0.25) is 5.88 Å². The number of anilines is 2. The maximum atomic E-state index is 12.1. The summed E-state index contributed by atoms with van der Waals surface area (Å²) >= 11 is 0. The van der Waals surface area contributed by atoms with Crippen molar-refractivity contribution in [2.75, 3.05) is 24.4 Å². The van der Waals surface area contributed by atoms with E-state index in [1.165, 1.54) is 13.3 Å². The molecule has 0 unspecified atom stereocenters. The monoisotopic (exact) mass is 342 g/mol. The summed E-state index contributed by atoms with van der Waals surface area (Å²) in [5.41, 5.74) is 1.99. The number of ether oxygens (including phenoxy) is 2. The van der Waals surface area contributed by atoms with Crippen molar-refractivity contribution in [3.8, 4) is 11.6 Å². The van der Waals surface area contributed by atoms with E-state index in [9.17, 15) is 9.59 Å². The van der Waals surface area contributed by atoms with Crippen molar-refractivity contribution in [2.24, 2.45) is 0 Å². The molecule has 0 fully saturated rings. The molecule has 1 aromatic heterocycles. The van der Waals surface area contributed by atoms with Crippen LogP contribution in [0, 0.1) is 0 Å². The number of benzene rings is 1. The number of pyridine rings is 1. The van der Waals surface area contributed by atoms with Crippen molar-refractivity contribution in [1.29, 1.82) is 0 Å². The first-order valence-electron chi connectivity index (χ1n) is 7.69. The molecule has 3 amide bonds. The number of rotatable bonds is 4. The summed E-state index contributed by atoms with van der Waals surface area (Å²) in [5, 5.41) is 8.28. The fourth-order valence-corrected chi connectivity index (χ4v) is 2.39. The molecule has 0 bridgehead atoms. The molecule has 1 aliphatic rings. The number of aromatic nitrogens is 1. The Morgan fingerprint density at radius 3 is 2.92 bits per heavy atom. The highest BCUT2D eigenvalue weighted by Crippen LogP contribution is 2.30. The van der Waals surface area contributed by atoms with E-state index in [0.29, 0.717) is 23.0 Å². The van der Waals surface area contributed by atoms with Gasteiger partial charge < -0.3 is 25.4 Å². The predicted octanol–water partition coefficient (Wildman–Crippen LogP) is 2.30. The third kappa shape index (κ3) is 3.97. The highest BCUT2D eigenvalue weighted by atomic mass is 16.5. The van der Waals surface area contributed by atoms with Crippen LogP contribution >= 0.6 is 0 Å². The molecule has 25 heavy (non-hydrogen) atoms. The number of carbonyl (C=O) groups is 2. The van der Waals surface area contributed by atoms with Gasteiger partial charge in [-0.3, -0.25) is 4.79 Å². The molecule has 130 valence electrons. The number of methoxy groups -OCH3 is 1. The summed E-state index contributed by atoms with van der Waals surface area (Å²) in [6, 6.07) is 8.12. The Kier molecular flexibility index (Phi) is 4.69. The predicted molar refractivity (Wildman–Crippen MR) is 91.9 cm³/mol. The van der Waals surface area contributed by atoms with E-state index in [1.807, 2.05) is 13.0 Å². The SMILES string of the molecule is COc1ccc(NC(=O)N[C@@H](C)c2ccc3c(c2)NC(=O)CO3)cn1. The number of nitrogens with zero attached hydrogens (tertiary/aromatic N) is 1. The Morgan fingerprint density at radius 2 is 2.20 bits per heavy atom. The first kappa shape index (κ1) is 16.6. The molecule has 2 heterocycles. The Labute approximate surface area is 144 Å². The summed E-state index contributed by atoms with van der Waals surface area (Å²) in [6.07, 6.45) is 1.51. The first-order chi connectivity index (χ1) is 12.0. The molecular formula is C17H18N4O4. The summed E-state index contributed by atoms with van der Waals surface area (Å²) in [6.45, 7) is 1.86. The highest BCUT2D eigenvalue weighted by Gasteiger charge is 2.18. The van der Waals surface area contributed by atoms with Crippen molar-refractivity contribution in [2.45, 2.75) is 13.0 Å². The largest absolute Gasteiger partial charge is 0.482 e. The van der Waals surface area contributed by atoms with Crippen LogP contribution in [-0.4, -0.2) is 30.6 Å². The van der Waals surface area contributed by atoms with Crippen LogP contribution in [0.4, 0.5) is 16.2 Å². The van der Waals surface area contributed by atoms with Gasteiger partial charge in [-0.1, -0.05) is 6.07 Å². The third-order valence-corrected chi connectivity index (χ3v) is 3.69. The zero-order chi connectivity index (χ0) is 17.8. The molecule has 8 heteroatoms. The van der Waals surface area contributed by atoms with Crippen molar-refractivity contribution in [3.63, 3.8) is 0 Å². The van der Waals surface area contributed by atoms with Gasteiger partial charge in [0.25, 0.3) is 5.91 Å². The van der Waals surface area contributed by atoms with Crippen LogP contribution in [0.1, 0.15) is 18.5 Å². The third-order valence-electron chi connectivity index (χ3n) is 3.69. The standard InChI is InChI=1S/C17H18N4O4/c1-10(11-3-5-14-13(7-11)21-15(22)9-25-14)19-17(23)20-12-4-6-16(24-2)18-8-12/h3-8,10H,9H2,1-2H3,(H,21,22)(H2,19,20,23)/t10-/m0/s1. The second-order valence-corrected chi connectivity index (χ2v) is 5.50. The van der Waals surface area contributed by atoms with Gasteiger partial charge in [-0.2, -0.15) is 0 Å². The fraction of sp³-hybridized carbons (Fsp3) is 0.235. The molecule has 0 spiro atoms. The van der Waals surface area contributed by atoms with E-state index in [-0.39, 0.29) is 24.6 Å². The average Bonchev–Trinajstić information content (AvgIpc) is 2.61. The Balaban J connectivity index is 1.63. The Bertz CT molecular complexity index is 792. The van der Waals surface area contributed by atoms with Gasteiger partial charge in [0.1, 0.15) is 5.75 Å². The van der Waals surface area contributed by atoms with Crippen molar-refractivity contribution < 1.29 is 19.1 Å². The summed E-state index contributed by atoms with van der Waals surface area (Å²) in [5.74, 6) is 0.886. The highest BCUT2D eigenvalue weighted by molar-refractivity contribution is 5.95. The molecule has 1 aromatic carbocycles. The first-order valence-corrected chi connectivity index (χ1v) is 7.69. The average molecular weight is 342 g/mol. The minimum atomic E-state index is -0.363. The van der Waals surface area contributed by atoms with E-state index in [4.69, 9.17) is 9.47 Å². The van der Waals surface area contributed by atoms with Crippen molar-refractivity contribution >= 4 is 23.3 Å². The minimum Gasteiger partial charge on any atom is -0.482 e. The zero-order valence-corrected chi connectivity index (χ0v) is 13.8. The van der Waals surface area contributed by atoms with Crippen LogP contribution in [0.3, 0.4) is 0 Å². The molecule has 0 radical (unpaired) electrons. The van der Waals surface area contributed by atoms with Gasteiger partial charge in [0.05, 0.1) is 30.7 Å². The summed E-state index contributed by atoms with van der Waals surface area (Å²) < 4.78 is 10.3. The molecule has 0 saturated heterocycles. The fourth-order valence-electron chi connectivity index (χ4n) is 2.39. The van der Waals surface area contributed by atoms with Crippen LogP contribution in [0.5, 0.6) is 11.6 Å². The quantitative estimate of drug-likeness (QED) is 0.791. The number of carbonyl (C=O) groups excluding carboxylic acids is 2. The molecule has 8 nitrogen and oxygen atoms in total. The molecule has 0 aliphatic carbocycles. The van der Waals surface area contributed by atoms with Crippen molar-refractivity contribution in [3.05, 3.63) is 42.1 Å². The van der Waals surface area contributed by atoms with Crippen LogP contribution in [0.15, 0.2) is 36.5 Å². The van der Waals surface area contributed by atoms with Gasteiger partial charge in [-0.25, -0.2) is 9.78 Å². The lowest BCUT2D eigenvalue weighted by atomic mass is 10.1. The Hall–Kier alpha value is -3.29. The van der Waals surface area contributed by atoms with E-state index in [1.54, 1.807) is 24.3 Å². The molecule has 1 atom stereocenters. The van der Waals surface area contributed by atoms with E-state index >= 15 is 0 Å². The van der Waals surface area contributed by atoms with Gasteiger partial charge >= 0.3 is 6.03 Å². The molecule has 3 rings (SSSR count). The lowest BCUT2D eigenvalue weighted by Crippen LogP contribution is -2.31. The van der Waals surface area contributed by atoms with E-state index in [0.717, 1.165) is 5.56 Å². The lowest BCUT2D eigenvalue weighted by molar-refractivity contribution is -0.118. The summed E-state index contributed by atoms with van der Waals surface area (Å²) in [4.78, 5) is 27.5. The zero-order valence-electron chi connectivity index (χ0n) is 13.8. The van der Waals surface area contributed by atoms with E-state index in [2.05, 4.69) is 20.9 Å². The molecule has 0 saturated carbocycles. The van der Waals surface area contributed by atoms with Crippen LogP contribution in [0.25, 0.3) is 0 Å². The second-order valence-electron chi connectivity index (χ2n) is 5.50. The Morgan fingerprint density at radius 1 is 1.36 bits per heavy atom. The number of amides is 3. The van der Waals surface area contributed by atoms with Gasteiger partial charge in [0.15, 0.2) is 6.61 Å². The molecule has 2 aromatic rings. The van der Waals surface area contributed by atoms with Crippen LogP contribution in [-0.2, 0) is 4.79 Å². The second kappa shape index (κ2) is 7.08. The minimum absolute atomic E-state index is 0.0124. The number of nitrogens with one attached hydrogen (secondary N) is 3. The maximum absolute atomic E-state index is 12.1. The van der Waals surface area contributed by atoms with Gasteiger partial charge in [-0.15, -0.1) is 0 Å². The summed E-state index contributed by atoms with van der Waals surface area (Å²) in [7, 11) is 1.52. The van der Waals surface area contributed by atoms with Crippen molar-refractivity contribution in [1.82, 2.24) is 10.3 Å². The normalized spacial score (nSPS) is 13.8. The number of fused-ring (bicyclic) bond motifs is 1. The topological polar surface area (TPSA) is 102 Å². The van der Waals surface area contributed by atoms with E-state index < -0.39 is 0 Å². The van der Waals surface area contributed by atoms with Crippen LogP contribution < -0.4 is 25.4 Å². The van der Waals surface area contributed by atoms with Crippen LogP contribution in [0.2, 0.25) is 0 Å². The maximum Gasteiger partial charge on any atom is 0.319 e. The number of urea groups is 1.